The third kappa shape index (κ3) is 7.06. The predicted molar refractivity (Wildman–Crippen MR) is 108 cm³/mol. The number of rotatable bonds is 8. The zero-order valence-electron chi connectivity index (χ0n) is 16.7. The lowest BCUT2D eigenvalue weighted by Gasteiger charge is -2.34. The van der Waals surface area contributed by atoms with E-state index in [0.29, 0.717) is 0 Å². The molecule has 0 spiro atoms. The first-order valence-corrected chi connectivity index (χ1v) is 9.88. The Morgan fingerprint density at radius 3 is 2.31 bits per heavy atom. The minimum Gasteiger partial charge on any atom is -0.355 e. The maximum absolute atomic E-state index is 12.0. The lowest BCUT2D eigenvalue weighted by Crippen LogP contribution is -2.49. The Bertz CT molecular complexity index is 533. The second-order valence-corrected chi connectivity index (χ2v) is 8.45. The zero-order chi connectivity index (χ0) is 19.0. The second-order valence-electron chi connectivity index (χ2n) is 8.45. The van der Waals surface area contributed by atoms with Gasteiger partial charge in [0, 0.05) is 39.3 Å². The molecule has 1 amide bonds. The highest BCUT2D eigenvalue weighted by Gasteiger charge is 2.26. The molecule has 1 fully saturated rings. The van der Waals surface area contributed by atoms with Crippen molar-refractivity contribution in [2.24, 2.45) is 11.1 Å². The molecule has 0 radical (unpaired) electrons. The van der Waals surface area contributed by atoms with Crippen LogP contribution in [0.1, 0.15) is 39.2 Å². The average molecular weight is 361 g/mol. The molecule has 1 atom stereocenters. The number of nitrogens with zero attached hydrogens (tertiary/aromatic N) is 2. The maximum atomic E-state index is 12.0. The molecular formula is C21H36N4O. The Kier molecular flexibility index (Phi) is 8.07. The highest BCUT2D eigenvalue weighted by molar-refractivity contribution is 5.82. The molecule has 2 rings (SSSR count). The van der Waals surface area contributed by atoms with Crippen molar-refractivity contribution in [2.45, 2.75) is 46.2 Å². The number of hydrogen-bond donors (Lipinski definition) is 2. The second kappa shape index (κ2) is 10.0. The number of nitrogens with one attached hydrogen (secondary N) is 1. The highest BCUT2D eigenvalue weighted by Crippen LogP contribution is 2.17. The van der Waals surface area contributed by atoms with Crippen LogP contribution in [0.5, 0.6) is 0 Å². The van der Waals surface area contributed by atoms with Gasteiger partial charge in [-0.15, -0.1) is 0 Å². The van der Waals surface area contributed by atoms with Crippen LogP contribution in [0.4, 0.5) is 0 Å². The number of amides is 1. The molecule has 1 aliphatic rings. The van der Waals surface area contributed by atoms with Crippen molar-refractivity contribution in [3.05, 3.63) is 35.9 Å². The van der Waals surface area contributed by atoms with Gasteiger partial charge in [0.1, 0.15) is 0 Å². The van der Waals surface area contributed by atoms with E-state index < -0.39 is 6.04 Å². The molecule has 146 valence electrons. The summed E-state index contributed by atoms with van der Waals surface area (Å²) in [5.74, 6) is -0.0352. The monoisotopic (exact) mass is 360 g/mol. The summed E-state index contributed by atoms with van der Waals surface area (Å²) in [4.78, 5) is 17.0. The summed E-state index contributed by atoms with van der Waals surface area (Å²) in [6.45, 7) is 13.4. The van der Waals surface area contributed by atoms with Crippen LogP contribution >= 0.6 is 0 Å². The van der Waals surface area contributed by atoms with Crippen LogP contribution in [-0.2, 0) is 11.3 Å². The van der Waals surface area contributed by atoms with Crippen LogP contribution in [-0.4, -0.2) is 61.0 Å². The van der Waals surface area contributed by atoms with Crippen LogP contribution in [0.25, 0.3) is 0 Å². The van der Waals surface area contributed by atoms with Gasteiger partial charge >= 0.3 is 0 Å². The molecule has 1 aromatic carbocycles. The van der Waals surface area contributed by atoms with Crippen molar-refractivity contribution in [1.82, 2.24) is 15.1 Å². The van der Waals surface area contributed by atoms with E-state index in [4.69, 9.17) is 5.73 Å². The maximum Gasteiger partial charge on any atom is 0.237 e. The van der Waals surface area contributed by atoms with Gasteiger partial charge in [-0.05, 0) is 30.4 Å². The fraction of sp³-hybridized carbons (Fsp3) is 0.667. The molecular weight excluding hydrogens is 324 g/mol. The van der Waals surface area contributed by atoms with E-state index in [9.17, 15) is 4.79 Å². The summed E-state index contributed by atoms with van der Waals surface area (Å²) < 4.78 is 0. The van der Waals surface area contributed by atoms with E-state index >= 15 is 0 Å². The third-order valence-electron chi connectivity index (χ3n) is 5.13. The quantitative estimate of drug-likeness (QED) is 0.697. The number of nitrogens with two attached hydrogens (primary N) is 1. The highest BCUT2D eigenvalue weighted by atomic mass is 16.2. The summed E-state index contributed by atoms with van der Waals surface area (Å²) in [6.07, 6.45) is 2.12. The molecule has 0 saturated carbocycles. The molecule has 1 aromatic rings. The minimum atomic E-state index is -0.444. The van der Waals surface area contributed by atoms with Crippen LogP contribution in [0.15, 0.2) is 30.3 Å². The van der Waals surface area contributed by atoms with Gasteiger partial charge in [0.15, 0.2) is 0 Å². The van der Waals surface area contributed by atoms with Crippen LogP contribution in [0.3, 0.4) is 0 Å². The molecule has 1 saturated heterocycles. The number of carbonyl (C=O) groups excluding carboxylic acids is 1. The molecule has 5 nitrogen and oxygen atoms in total. The predicted octanol–water partition coefficient (Wildman–Crippen LogP) is 2.07. The fourth-order valence-corrected chi connectivity index (χ4v) is 3.19. The molecule has 0 bridgehead atoms. The first kappa shape index (κ1) is 20.9. The smallest absolute Gasteiger partial charge is 0.237 e. The number of carbonyl (C=O) groups is 1. The molecule has 1 heterocycles. The third-order valence-corrected chi connectivity index (χ3v) is 5.13. The number of piperazine rings is 1. The van der Waals surface area contributed by atoms with E-state index in [1.807, 2.05) is 20.8 Å². The van der Waals surface area contributed by atoms with E-state index in [2.05, 4.69) is 45.4 Å². The Morgan fingerprint density at radius 2 is 1.69 bits per heavy atom. The Labute approximate surface area is 158 Å². The Balaban J connectivity index is 1.54. The molecule has 3 N–H and O–H groups in total. The Morgan fingerprint density at radius 1 is 1.08 bits per heavy atom. The van der Waals surface area contributed by atoms with E-state index in [1.165, 1.54) is 5.56 Å². The SMILES string of the molecule is CC(C)(C)[C@H](N)C(=O)NCCCCN1CCN(Cc2ccccc2)CC1. The van der Waals surface area contributed by atoms with Crippen LogP contribution in [0.2, 0.25) is 0 Å². The average Bonchev–Trinajstić information content (AvgIpc) is 2.62. The van der Waals surface area contributed by atoms with Gasteiger partial charge in [0.25, 0.3) is 0 Å². The Hall–Kier alpha value is -1.43. The van der Waals surface area contributed by atoms with Crippen molar-refractivity contribution < 1.29 is 4.79 Å². The van der Waals surface area contributed by atoms with Gasteiger partial charge < -0.3 is 16.0 Å². The summed E-state index contributed by atoms with van der Waals surface area (Å²) in [7, 11) is 0. The largest absolute Gasteiger partial charge is 0.355 e. The van der Waals surface area contributed by atoms with Crippen molar-refractivity contribution in [3.63, 3.8) is 0 Å². The topological polar surface area (TPSA) is 61.6 Å². The number of benzene rings is 1. The minimum absolute atomic E-state index is 0.0352. The standard InChI is InChI=1S/C21H36N4O/c1-21(2,3)19(22)20(26)23-11-7-8-12-24-13-15-25(16-14-24)17-18-9-5-4-6-10-18/h4-6,9-10,19H,7-8,11-17,22H2,1-3H3,(H,23,26)/t19-/m1/s1. The fourth-order valence-electron chi connectivity index (χ4n) is 3.19. The summed E-state index contributed by atoms with van der Waals surface area (Å²) >= 11 is 0. The molecule has 0 aromatic heterocycles. The molecule has 26 heavy (non-hydrogen) atoms. The van der Waals surface area contributed by atoms with Gasteiger partial charge in [-0.25, -0.2) is 0 Å². The van der Waals surface area contributed by atoms with Gasteiger partial charge in [0.2, 0.25) is 5.91 Å². The molecule has 0 aliphatic carbocycles. The van der Waals surface area contributed by atoms with Crippen molar-refractivity contribution in [2.75, 3.05) is 39.3 Å². The molecule has 5 heteroatoms. The lowest BCUT2D eigenvalue weighted by atomic mass is 9.87. The van der Waals surface area contributed by atoms with E-state index in [1.54, 1.807) is 0 Å². The van der Waals surface area contributed by atoms with Crippen LogP contribution < -0.4 is 11.1 Å². The first-order valence-electron chi connectivity index (χ1n) is 9.88. The molecule has 0 unspecified atom stereocenters. The lowest BCUT2D eigenvalue weighted by molar-refractivity contribution is -0.124. The number of unbranched alkanes of at least 4 members (excludes halogenated alkanes) is 1. The van der Waals surface area contributed by atoms with Crippen LogP contribution in [0, 0.1) is 5.41 Å². The first-order chi connectivity index (χ1) is 12.4. The van der Waals surface area contributed by atoms with Gasteiger partial charge in [-0.1, -0.05) is 51.1 Å². The number of hydrogen-bond acceptors (Lipinski definition) is 4. The summed E-state index contributed by atoms with van der Waals surface area (Å²) in [5.41, 5.74) is 7.17. The van der Waals surface area contributed by atoms with Gasteiger partial charge in [0.05, 0.1) is 6.04 Å². The van der Waals surface area contributed by atoms with Crippen molar-refractivity contribution in [1.29, 1.82) is 0 Å². The van der Waals surface area contributed by atoms with Crippen molar-refractivity contribution in [3.8, 4) is 0 Å². The zero-order valence-corrected chi connectivity index (χ0v) is 16.7. The van der Waals surface area contributed by atoms with Gasteiger partial charge in [-0.3, -0.25) is 9.69 Å². The summed E-state index contributed by atoms with van der Waals surface area (Å²) in [6, 6.07) is 10.2. The van der Waals surface area contributed by atoms with Crippen molar-refractivity contribution >= 4 is 5.91 Å². The van der Waals surface area contributed by atoms with Gasteiger partial charge in [-0.2, -0.15) is 0 Å². The summed E-state index contributed by atoms with van der Waals surface area (Å²) in [5, 5.41) is 2.97. The van der Waals surface area contributed by atoms with E-state index in [-0.39, 0.29) is 11.3 Å². The van der Waals surface area contributed by atoms with E-state index in [0.717, 1.165) is 58.7 Å². The normalized spacial score (nSPS) is 17.8. The molecule has 1 aliphatic heterocycles.